The summed E-state index contributed by atoms with van der Waals surface area (Å²) < 4.78 is 5.57. The molecule has 21 heavy (non-hydrogen) atoms. The minimum atomic E-state index is -0.305. The van der Waals surface area contributed by atoms with E-state index in [1.54, 1.807) is 0 Å². The van der Waals surface area contributed by atoms with Crippen LogP contribution in [0.5, 0.6) is 11.5 Å². The second-order valence-corrected chi connectivity index (χ2v) is 6.61. The summed E-state index contributed by atoms with van der Waals surface area (Å²) in [4.78, 5) is 11.5. The largest absolute Gasteiger partial charge is 0.507 e. The van der Waals surface area contributed by atoms with Gasteiger partial charge in [-0.15, -0.1) is 0 Å². The molecule has 1 fully saturated rings. The number of phenols is 1. The lowest BCUT2D eigenvalue weighted by molar-refractivity contribution is -0.131. The fourth-order valence-corrected chi connectivity index (χ4v) is 4.38. The van der Waals surface area contributed by atoms with Crippen molar-refractivity contribution >= 4 is 16.7 Å². The van der Waals surface area contributed by atoms with Gasteiger partial charge in [0.05, 0.1) is 0 Å². The van der Waals surface area contributed by atoms with E-state index in [1.807, 2.05) is 24.3 Å². The molecule has 1 saturated carbocycles. The normalized spacial score (nSPS) is 26.1. The number of phenolic OH excluding ortho intramolecular Hbond substituents is 1. The summed E-state index contributed by atoms with van der Waals surface area (Å²) in [6.45, 7) is 3.65. The zero-order chi connectivity index (χ0) is 14.8. The van der Waals surface area contributed by atoms with E-state index in [-0.39, 0.29) is 11.4 Å². The molecule has 0 aliphatic heterocycles. The molecule has 2 aromatic rings. The molecular formula is C18H18O3. The lowest BCUT2D eigenvalue weighted by Gasteiger charge is -2.27. The Morgan fingerprint density at radius 3 is 2.76 bits per heavy atom. The minimum Gasteiger partial charge on any atom is -0.507 e. The molecule has 0 amide bonds. The number of esters is 1. The third-order valence-electron chi connectivity index (χ3n) is 5.18. The quantitative estimate of drug-likeness (QED) is 0.635. The van der Waals surface area contributed by atoms with Gasteiger partial charge < -0.3 is 9.84 Å². The second kappa shape index (κ2) is 4.00. The van der Waals surface area contributed by atoms with Crippen LogP contribution in [0.1, 0.15) is 50.2 Å². The maximum atomic E-state index is 11.5. The summed E-state index contributed by atoms with van der Waals surface area (Å²) in [5, 5.41) is 12.4. The van der Waals surface area contributed by atoms with Crippen molar-refractivity contribution in [3.05, 3.63) is 35.4 Å². The van der Waals surface area contributed by atoms with Crippen molar-refractivity contribution in [1.29, 1.82) is 0 Å². The highest BCUT2D eigenvalue weighted by molar-refractivity contribution is 5.98. The molecular weight excluding hydrogens is 264 g/mol. The standard InChI is InChI=1S/C18H18O3/c1-10(19)21-17-13-6-4-3-5-12(13)16(20)15-14(17)11-7-8-18(15,2)9-11/h3-6,11,20H,7-9H2,1-2H3. The molecule has 2 aromatic carbocycles. The maximum absolute atomic E-state index is 11.5. The third kappa shape index (κ3) is 1.57. The number of hydrogen-bond acceptors (Lipinski definition) is 3. The summed E-state index contributed by atoms with van der Waals surface area (Å²) in [5.74, 6) is 1.14. The Morgan fingerprint density at radius 1 is 1.33 bits per heavy atom. The smallest absolute Gasteiger partial charge is 0.308 e. The van der Waals surface area contributed by atoms with E-state index in [0.29, 0.717) is 17.4 Å². The van der Waals surface area contributed by atoms with E-state index in [9.17, 15) is 9.90 Å². The molecule has 0 heterocycles. The summed E-state index contributed by atoms with van der Waals surface area (Å²) in [6, 6.07) is 7.63. The van der Waals surface area contributed by atoms with Gasteiger partial charge in [-0.2, -0.15) is 0 Å². The first-order valence-corrected chi connectivity index (χ1v) is 7.48. The number of fused-ring (bicyclic) bond motifs is 6. The van der Waals surface area contributed by atoms with Crippen LogP contribution in [0.3, 0.4) is 0 Å². The summed E-state index contributed by atoms with van der Waals surface area (Å²) >= 11 is 0. The number of carbonyl (C=O) groups is 1. The molecule has 2 aliphatic rings. The number of hydrogen-bond donors (Lipinski definition) is 1. The van der Waals surface area contributed by atoms with Crippen molar-refractivity contribution in [1.82, 2.24) is 0 Å². The van der Waals surface area contributed by atoms with Gasteiger partial charge in [-0.3, -0.25) is 4.79 Å². The Hall–Kier alpha value is -2.03. The lowest BCUT2D eigenvalue weighted by Crippen LogP contribution is -2.17. The van der Waals surface area contributed by atoms with Crippen LogP contribution in [0.4, 0.5) is 0 Å². The van der Waals surface area contributed by atoms with Crippen LogP contribution in [-0.4, -0.2) is 11.1 Å². The molecule has 2 bridgehead atoms. The fourth-order valence-electron chi connectivity index (χ4n) is 4.38. The summed E-state index contributed by atoms with van der Waals surface area (Å²) in [5.41, 5.74) is 2.09. The molecule has 1 N–H and O–H groups in total. The number of benzene rings is 2. The molecule has 0 aromatic heterocycles. The molecule has 2 unspecified atom stereocenters. The SMILES string of the molecule is CC(=O)Oc1c2c(c(O)c3ccccc13)C1(C)CCC2C1. The average Bonchev–Trinajstić information content (AvgIpc) is 2.97. The Kier molecular flexibility index (Phi) is 2.42. The van der Waals surface area contributed by atoms with E-state index in [1.165, 1.54) is 6.92 Å². The predicted octanol–water partition coefficient (Wildman–Crippen LogP) is 4.01. The molecule has 3 heteroatoms. The van der Waals surface area contributed by atoms with Gasteiger partial charge in [0.25, 0.3) is 0 Å². The van der Waals surface area contributed by atoms with Gasteiger partial charge in [-0.1, -0.05) is 31.2 Å². The first kappa shape index (κ1) is 12.7. The van der Waals surface area contributed by atoms with Gasteiger partial charge in [-0.05, 0) is 30.6 Å². The Bertz CT molecular complexity index is 778. The third-order valence-corrected chi connectivity index (χ3v) is 5.18. The van der Waals surface area contributed by atoms with Crippen molar-refractivity contribution in [2.24, 2.45) is 0 Å². The van der Waals surface area contributed by atoms with E-state index >= 15 is 0 Å². The van der Waals surface area contributed by atoms with Gasteiger partial charge in [-0.25, -0.2) is 0 Å². The Labute approximate surface area is 123 Å². The zero-order valence-electron chi connectivity index (χ0n) is 12.3. The molecule has 2 atom stereocenters. The summed E-state index contributed by atoms with van der Waals surface area (Å²) in [6.07, 6.45) is 3.24. The van der Waals surface area contributed by atoms with Crippen LogP contribution in [0.15, 0.2) is 24.3 Å². The number of ether oxygens (including phenoxy) is 1. The minimum absolute atomic E-state index is 0.0169. The van der Waals surface area contributed by atoms with Gasteiger partial charge in [0.15, 0.2) is 0 Å². The molecule has 108 valence electrons. The number of carbonyl (C=O) groups excluding carboxylic acids is 1. The molecule has 3 nitrogen and oxygen atoms in total. The number of rotatable bonds is 1. The topological polar surface area (TPSA) is 46.5 Å². The van der Waals surface area contributed by atoms with Gasteiger partial charge in [0.1, 0.15) is 11.5 Å². The second-order valence-electron chi connectivity index (χ2n) is 6.61. The van der Waals surface area contributed by atoms with E-state index < -0.39 is 0 Å². The predicted molar refractivity (Wildman–Crippen MR) is 80.9 cm³/mol. The molecule has 0 spiro atoms. The highest BCUT2D eigenvalue weighted by Gasteiger charge is 2.50. The van der Waals surface area contributed by atoms with Crippen LogP contribution in [0.25, 0.3) is 10.8 Å². The Balaban J connectivity index is 2.13. The lowest BCUT2D eigenvalue weighted by atomic mass is 9.79. The average molecular weight is 282 g/mol. The van der Waals surface area contributed by atoms with Crippen LogP contribution >= 0.6 is 0 Å². The number of aromatic hydroxyl groups is 1. The van der Waals surface area contributed by atoms with Crippen LogP contribution < -0.4 is 4.74 Å². The fraction of sp³-hybridized carbons (Fsp3) is 0.389. The highest BCUT2D eigenvalue weighted by atomic mass is 16.5. The molecule has 0 saturated heterocycles. The van der Waals surface area contributed by atoms with Crippen molar-refractivity contribution in [2.75, 3.05) is 0 Å². The first-order valence-electron chi connectivity index (χ1n) is 7.48. The van der Waals surface area contributed by atoms with Gasteiger partial charge >= 0.3 is 5.97 Å². The molecule has 0 radical (unpaired) electrons. The monoisotopic (exact) mass is 282 g/mol. The molecule has 2 aliphatic carbocycles. The Morgan fingerprint density at radius 2 is 2.05 bits per heavy atom. The van der Waals surface area contributed by atoms with E-state index in [0.717, 1.165) is 41.2 Å². The van der Waals surface area contributed by atoms with E-state index in [4.69, 9.17) is 4.74 Å². The first-order chi connectivity index (χ1) is 10.0. The van der Waals surface area contributed by atoms with Crippen LogP contribution in [0.2, 0.25) is 0 Å². The van der Waals surface area contributed by atoms with Crippen molar-refractivity contribution < 1.29 is 14.6 Å². The van der Waals surface area contributed by atoms with Crippen molar-refractivity contribution in [2.45, 2.75) is 44.4 Å². The maximum Gasteiger partial charge on any atom is 0.308 e. The van der Waals surface area contributed by atoms with Crippen LogP contribution in [0, 0.1) is 0 Å². The van der Waals surface area contributed by atoms with Gasteiger partial charge in [0, 0.05) is 28.8 Å². The highest BCUT2D eigenvalue weighted by Crippen LogP contribution is 2.63. The summed E-state index contributed by atoms with van der Waals surface area (Å²) in [7, 11) is 0. The van der Waals surface area contributed by atoms with Crippen molar-refractivity contribution in [3.8, 4) is 11.5 Å². The molecule has 4 rings (SSSR count). The van der Waals surface area contributed by atoms with Gasteiger partial charge in [0.2, 0.25) is 0 Å². The van der Waals surface area contributed by atoms with Crippen LogP contribution in [-0.2, 0) is 10.2 Å². The van der Waals surface area contributed by atoms with E-state index in [2.05, 4.69) is 6.92 Å². The zero-order valence-corrected chi connectivity index (χ0v) is 12.3. The van der Waals surface area contributed by atoms with Crippen molar-refractivity contribution in [3.63, 3.8) is 0 Å².